The fourth-order valence-electron chi connectivity index (χ4n) is 4.51. The van der Waals surface area contributed by atoms with E-state index in [0.717, 1.165) is 5.70 Å². The zero-order valence-electron chi connectivity index (χ0n) is 24.1. The molecule has 1 aromatic rings. The molecule has 1 aromatic heterocycles. The normalized spacial score (nSPS) is 17.9. The van der Waals surface area contributed by atoms with Crippen molar-refractivity contribution >= 4 is 35.5 Å². The molecule has 13 heteroatoms. The number of ether oxygens (including phenoxy) is 2. The van der Waals surface area contributed by atoms with E-state index in [4.69, 9.17) is 9.47 Å². The molecule has 3 rings (SSSR count). The third-order valence-corrected chi connectivity index (χ3v) is 6.56. The van der Waals surface area contributed by atoms with Crippen molar-refractivity contribution in [2.24, 2.45) is 5.92 Å². The van der Waals surface area contributed by atoms with Crippen molar-refractivity contribution in [2.45, 2.75) is 71.9 Å². The van der Waals surface area contributed by atoms with Crippen LogP contribution in [0.15, 0.2) is 23.1 Å². The standard InChI is InChI=1S/C27H40N6O7/c1-7-39-21(34)18-8-10-19(11-9-18)33-13-12-20(29-24(33)37)28-23(36)32-16-14-31(15-17-32)22(35)27(5,6)30-25(38)40-26(2,3)4/h10,12-13,18H,7-9,11,14-17H2,1-6H3,(H,30,38)(H,28,29,36,37). The van der Waals surface area contributed by atoms with E-state index in [1.807, 2.05) is 6.08 Å². The minimum absolute atomic E-state index is 0.119. The molecule has 2 aliphatic rings. The Morgan fingerprint density at radius 1 is 1.05 bits per heavy atom. The number of hydrogen-bond donors (Lipinski definition) is 2. The maximum Gasteiger partial charge on any atom is 0.408 e. The summed E-state index contributed by atoms with van der Waals surface area (Å²) in [6.07, 6.45) is 4.32. The molecular formula is C27H40N6O7. The van der Waals surface area contributed by atoms with Gasteiger partial charge < -0.3 is 24.6 Å². The number of amides is 4. The summed E-state index contributed by atoms with van der Waals surface area (Å²) < 4.78 is 11.7. The highest BCUT2D eigenvalue weighted by atomic mass is 16.6. The summed E-state index contributed by atoms with van der Waals surface area (Å²) in [6.45, 7) is 11.6. The Bertz CT molecular complexity index is 1210. The van der Waals surface area contributed by atoms with E-state index in [1.165, 1.54) is 9.47 Å². The molecule has 0 radical (unpaired) electrons. The summed E-state index contributed by atoms with van der Waals surface area (Å²) in [5.74, 6) is -0.607. The summed E-state index contributed by atoms with van der Waals surface area (Å²) in [5.41, 5.74) is -1.66. The van der Waals surface area contributed by atoms with Gasteiger partial charge in [-0.2, -0.15) is 4.98 Å². The van der Waals surface area contributed by atoms with E-state index in [9.17, 15) is 24.0 Å². The Labute approximate surface area is 233 Å². The third kappa shape index (κ3) is 8.06. The Hall–Kier alpha value is -3.90. The van der Waals surface area contributed by atoms with Crippen LogP contribution < -0.4 is 16.3 Å². The van der Waals surface area contributed by atoms with Crippen molar-refractivity contribution in [1.82, 2.24) is 24.7 Å². The van der Waals surface area contributed by atoms with E-state index in [-0.39, 0.29) is 49.8 Å². The molecule has 1 unspecified atom stereocenters. The van der Waals surface area contributed by atoms with Crippen molar-refractivity contribution in [2.75, 3.05) is 38.1 Å². The van der Waals surface area contributed by atoms with E-state index < -0.39 is 29.0 Å². The summed E-state index contributed by atoms with van der Waals surface area (Å²) in [5, 5.41) is 5.26. The smallest absolute Gasteiger partial charge is 0.408 e. The Balaban J connectivity index is 1.52. The summed E-state index contributed by atoms with van der Waals surface area (Å²) in [6, 6.07) is 1.11. The molecule has 1 aliphatic heterocycles. The molecule has 1 saturated heterocycles. The monoisotopic (exact) mass is 560 g/mol. The topological polar surface area (TPSA) is 152 Å². The number of anilines is 1. The van der Waals surface area contributed by atoms with E-state index in [1.54, 1.807) is 58.7 Å². The molecule has 0 bridgehead atoms. The maximum atomic E-state index is 13.0. The molecule has 0 aromatic carbocycles. The Kier molecular flexibility index (Phi) is 9.59. The molecule has 1 atom stereocenters. The van der Waals surface area contributed by atoms with Gasteiger partial charge in [0.15, 0.2) is 0 Å². The SMILES string of the molecule is CCOC(=O)C1CC=C(n2ccc(NC(=O)N3CCN(C(=O)C(C)(C)NC(=O)OC(C)(C)C)CC3)nc2=O)CC1. The van der Waals surface area contributed by atoms with Crippen LogP contribution in [0.25, 0.3) is 5.70 Å². The molecule has 40 heavy (non-hydrogen) atoms. The first-order valence-electron chi connectivity index (χ1n) is 13.5. The molecular weight excluding hydrogens is 520 g/mol. The number of allylic oxidation sites excluding steroid dienone is 2. The lowest BCUT2D eigenvalue weighted by atomic mass is 9.92. The Morgan fingerprint density at radius 3 is 2.25 bits per heavy atom. The lowest BCUT2D eigenvalue weighted by Gasteiger charge is -2.38. The van der Waals surface area contributed by atoms with Crippen LogP contribution in [0.2, 0.25) is 0 Å². The maximum absolute atomic E-state index is 13.0. The van der Waals surface area contributed by atoms with E-state index in [0.29, 0.717) is 25.9 Å². The second-order valence-electron chi connectivity index (χ2n) is 11.3. The average Bonchev–Trinajstić information content (AvgIpc) is 2.87. The van der Waals surface area contributed by atoms with Crippen LogP contribution >= 0.6 is 0 Å². The first-order valence-corrected chi connectivity index (χ1v) is 13.5. The zero-order valence-corrected chi connectivity index (χ0v) is 24.1. The fourth-order valence-corrected chi connectivity index (χ4v) is 4.51. The number of aromatic nitrogens is 2. The molecule has 2 heterocycles. The lowest BCUT2D eigenvalue weighted by molar-refractivity contribution is -0.148. The molecule has 4 amide bonds. The fraction of sp³-hybridized carbons (Fsp3) is 0.630. The van der Waals surface area contributed by atoms with Crippen molar-refractivity contribution < 1.29 is 28.7 Å². The van der Waals surface area contributed by atoms with Crippen LogP contribution in [0.5, 0.6) is 0 Å². The van der Waals surface area contributed by atoms with Crippen LogP contribution in [0.4, 0.5) is 15.4 Å². The van der Waals surface area contributed by atoms with Gasteiger partial charge in [-0.25, -0.2) is 14.4 Å². The van der Waals surface area contributed by atoms with Crippen molar-refractivity contribution in [3.63, 3.8) is 0 Å². The summed E-state index contributed by atoms with van der Waals surface area (Å²) in [7, 11) is 0. The second-order valence-corrected chi connectivity index (χ2v) is 11.3. The molecule has 1 fully saturated rings. The molecule has 0 saturated carbocycles. The summed E-state index contributed by atoms with van der Waals surface area (Å²) >= 11 is 0. The van der Waals surface area contributed by atoms with Crippen LogP contribution in [0, 0.1) is 5.92 Å². The lowest BCUT2D eigenvalue weighted by Crippen LogP contribution is -2.60. The van der Waals surface area contributed by atoms with E-state index in [2.05, 4.69) is 15.6 Å². The number of alkyl carbamates (subject to hydrolysis) is 1. The highest BCUT2D eigenvalue weighted by Crippen LogP contribution is 2.26. The number of nitrogens with one attached hydrogen (secondary N) is 2. The average molecular weight is 561 g/mol. The van der Waals surface area contributed by atoms with Gasteiger partial charge in [0.05, 0.1) is 12.5 Å². The zero-order chi connectivity index (χ0) is 29.7. The minimum atomic E-state index is -1.19. The number of nitrogens with zero attached hydrogens (tertiary/aromatic N) is 4. The number of rotatable bonds is 6. The van der Waals surface area contributed by atoms with Gasteiger partial charge in [-0.3, -0.25) is 19.5 Å². The van der Waals surface area contributed by atoms with Gasteiger partial charge in [-0.1, -0.05) is 6.08 Å². The van der Waals surface area contributed by atoms with Crippen LogP contribution in [0.3, 0.4) is 0 Å². The van der Waals surface area contributed by atoms with Gasteiger partial charge in [0.2, 0.25) is 5.91 Å². The number of urea groups is 1. The highest BCUT2D eigenvalue weighted by Gasteiger charge is 2.37. The Morgan fingerprint density at radius 2 is 1.70 bits per heavy atom. The number of piperazine rings is 1. The molecule has 2 N–H and O–H groups in total. The van der Waals surface area contributed by atoms with Gasteiger partial charge in [0.25, 0.3) is 0 Å². The predicted molar refractivity (Wildman–Crippen MR) is 147 cm³/mol. The first-order chi connectivity index (χ1) is 18.7. The summed E-state index contributed by atoms with van der Waals surface area (Å²) in [4.78, 5) is 69.7. The van der Waals surface area contributed by atoms with Gasteiger partial charge in [-0.15, -0.1) is 0 Å². The van der Waals surface area contributed by atoms with Crippen molar-refractivity contribution in [3.8, 4) is 0 Å². The number of carbonyl (C=O) groups is 4. The van der Waals surface area contributed by atoms with Gasteiger partial charge in [0.1, 0.15) is 17.0 Å². The van der Waals surface area contributed by atoms with E-state index >= 15 is 0 Å². The van der Waals surface area contributed by atoms with Crippen molar-refractivity contribution in [1.29, 1.82) is 0 Å². The first kappa shape index (κ1) is 30.6. The molecule has 1 aliphatic carbocycles. The number of carbonyl (C=O) groups excluding carboxylic acids is 4. The highest BCUT2D eigenvalue weighted by molar-refractivity contribution is 5.90. The number of hydrogen-bond acceptors (Lipinski definition) is 8. The van der Waals surface area contributed by atoms with Gasteiger partial charge in [-0.05, 0) is 66.9 Å². The minimum Gasteiger partial charge on any atom is -0.466 e. The van der Waals surface area contributed by atoms with Crippen LogP contribution in [-0.4, -0.2) is 87.3 Å². The van der Waals surface area contributed by atoms with Gasteiger partial charge >= 0.3 is 23.8 Å². The predicted octanol–water partition coefficient (Wildman–Crippen LogP) is 2.43. The molecule has 220 valence electrons. The third-order valence-electron chi connectivity index (χ3n) is 6.56. The second kappa shape index (κ2) is 12.5. The molecule has 0 spiro atoms. The number of esters is 1. The van der Waals surface area contributed by atoms with Gasteiger partial charge in [0, 0.05) is 38.1 Å². The van der Waals surface area contributed by atoms with Crippen LogP contribution in [0.1, 0.15) is 60.8 Å². The quantitative estimate of drug-likeness (QED) is 0.503. The largest absolute Gasteiger partial charge is 0.466 e. The van der Waals surface area contributed by atoms with Crippen LogP contribution in [-0.2, 0) is 19.1 Å². The molecule has 13 nitrogen and oxygen atoms in total. The van der Waals surface area contributed by atoms with Crippen molar-refractivity contribution in [3.05, 3.63) is 28.8 Å².